The van der Waals surface area contributed by atoms with Gasteiger partial charge in [0, 0.05) is 6.54 Å². The van der Waals surface area contributed by atoms with Gasteiger partial charge in [-0.1, -0.05) is 48.5 Å². The lowest BCUT2D eigenvalue weighted by molar-refractivity contribution is -0.120. The third kappa shape index (κ3) is 5.87. The van der Waals surface area contributed by atoms with Crippen LogP contribution < -0.4 is 5.32 Å². The van der Waals surface area contributed by atoms with Crippen LogP contribution in [0.2, 0.25) is 0 Å². The number of ether oxygens (including phenoxy) is 1. The van der Waals surface area contributed by atoms with Crippen molar-refractivity contribution in [1.82, 2.24) is 5.32 Å². The van der Waals surface area contributed by atoms with Crippen molar-refractivity contribution < 1.29 is 9.53 Å². The summed E-state index contributed by atoms with van der Waals surface area (Å²) in [5, 5.41) is 2.99. The zero-order valence-corrected chi connectivity index (χ0v) is 14.1. The summed E-state index contributed by atoms with van der Waals surface area (Å²) in [6.07, 6.45) is 0.635. The summed E-state index contributed by atoms with van der Waals surface area (Å²) in [6, 6.07) is 16.1. The van der Waals surface area contributed by atoms with Crippen LogP contribution in [-0.4, -0.2) is 12.0 Å². The van der Waals surface area contributed by atoms with E-state index in [2.05, 4.69) is 11.4 Å². The van der Waals surface area contributed by atoms with E-state index in [4.69, 9.17) is 4.74 Å². The highest BCUT2D eigenvalue weighted by Crippen LogP contribution is 2.09. The first-order chi connectivity index (χ1) is 11.0. The number of nitrogens with one attached hydrogen (secondary N) is 1. The lowest BCUT2D eigenvalue weighted by Crippen LogP contribution is -2.24. The van der Waals surface area contributed by atoms with Crippen LogP contribution in [0.4, 0.5) is 0 Å². The van der Waals surface area contributed by atoms with Crippen LogP contribution in [0.3, 0.4) is 0 Å². The van der Waals surface area contributed by atoms with Gasteiger partial charge in [0.25, 0.3) is 0 Å². The van der Waals surface area contributed by atoms with Crippen molar-refractivity contribution in [2.45, 2.75) is 46.4 Å². The molecule has 2 aromatic rings. The maximum absolute atomic E-state index is 12.1. The van der Waals surface area contributed by atoms with Gasteiger partial charge in [0.1, 0.15) is 0 Å². The number of rotatable bonds is 7. The quantitative estimate of drug-likeness (QED) is 0.845. The third-order valence-electron chi connectivity index (χ3n) is 3.68. The Kier molecular flexibility index (Phi) is 6.36. The minimum atomic E-state index is 0.0446. The van der Waals surface area contributed by atoms with Gasteiger partial charge in [-0.15, -0.1) is 0 Å². The smallest absolute Gasteiger partial charge is 0.224 e. The Morgan fingerprint density at radius 1 is 1.09 bits per heavy atom. The van der Waals surface area contributed by atoms with Crippen molar-refractivity contribution in [3.8, 4) is 0 Å². The molecular formula is C20H25NO2. The minimum absolute atomic E-state index is 0.0446. The number of amides is 1. The second kappa shape index (κ2) is 8.49. The van der Waals surface area contributed by atoms with Crippen molar-refractivity contribution in [3.05, 3.63) is 70.8 Å². The van der Waals surface area contributed by atoms with E-state index in [1.807, 2.05) is 63.2 Å². The molecular weight excluding hydrogens is 286 g/mol. The molecule has 0 bridgehead atoms. The molecule has 0 saturated heterocycles. The van der Waals surface area contributed by atoms with Gasteiger partial charge in [0.2, 0.25) is 5.91 Å². The molecule has 2 aromatic carbocycles. The summed E-state index contributed by atoms with van der Waals surface area (Å²) < 4.78 is 5.61. The Hall–Kier alpha value is -2.13. The van der Waals surface area contributed by atoms with Crippen LogP contribution in [0.15, 0.2) is 48.5 Å². The number of hydrogen-bond acceptors (Lipinski definition) is 2. The molecule has 2 rings (SSSR count). The molecule has 0 aliphatic rings. The Bertz CT molecular complexity index is 650. The van der Waals surface area contributed by atoms with Gasteiger partial charge < -0.3 is 10.1 Å². The zero-order valence-electron chi connectivity index (χ0n) is 14.1. The second-order valence-electron chi connectivity index (χ2n) is 6.06. The summed E-state index contributed by atoms with van der Waals surface area (Å²) in [6.45, 7) is 7.22. The molecule has 1 N–H and O–H groups in total. The van der Waals surface area contributed by atoms with E-state index in [-0.39, 0.29) is 12.0 Å². The molecule has 23 heavy (non-hydrogen) atoms. The average Bonchev–Trinajstić information content (AvgIpc) is 2.54. The topological polar surface area (TPSA) is 38.3 Å². The maximum Gasteiger partial charge on any atom is 0.224 e. The van der Waals surface area contributed by atoms with Gasteiger partial charge in [-0.2, -0.15) is 0 Å². The highest BCUT2D eigenvalue weighted by molar-refractivity contribution is 5.78. The van der Waals surface area contributed by atoms with E-state index < -0.39 is 0 Å². The SMILES string of the molecule is Cc1ccccc1CC(=O)NCc1cccc(COC(C)C)c1. The van der Waals surface area contributed by atoms with Crippen LogP contribution in [0.1, 0.15) is 36.1 Å². The number of carbonyl (C=O) groups excluding carboxylic acids is 1. The Morgan fingerprint density at radius 3 is 2.57 bits per heavy atom. The van der Waals surface area contributed by atoms with Gasteiger partial charge in [0.15, 0.2) is 0 Å². The van der Waals surface area contributed by atoms with E-state index in [0.29, 0.717) is 19.6 Å². The monoisotopic (exact) mass is 311 g/mol. The van der Waals surface area contributed by atoms with E-state index in [1.54, 1.807) is 0 Å². The van der Waals surface area contributed by atoms with E-state index in [1.165, 1.54) is 0 Å². The highest BCUT2D eigenvalue weighted by Gasteiger charge is 2.06. The van der Waals surface area contributed by atoms with E-state index in [0.717, 1.165) is 22.3 Å². The predicted molar refractivity (Wildman–Crippen MR) is 93.1 cm³/mol. The van der Waals surface area contributed by atoms with Crippen LogP contribution in [0.25, 0.3) is 0 Å². The molecule has 0 heterocycles. The largest absolute Gasteiger partial charge is 0.374 e. The van der Waals surface area contributed by atoms with Crippen molar-refractivity contribution in [3.63, 3.8) is 0 Å². The summed E-state index contributed by atoms with van der Waals surface area (Å²) in [7, 11) is 0. The second-order valence-corrected chi connectivity index (χ2v) is 6.06. The molecule has 0 fully saturated rings. The summed E-state index contributed by atoms with van der Waals surface area (Å²) in [5.41, 5.74) is 4.44. The molecule has 3 nitrogen and oxygen atoms in total. The standard InChI is InChI=1S/C20H25NO2/c1-15(2)23-14-18-9-6-8-17(11-18)13-21-20(22)12-19-10-5-4-7-16(19)3/h4-11,15H,12-14H2,1-3H3,(H,21,22). The number of benzene rings is 2. The normalized spacial score (nSPS) is 10.8. The maximum atomic E-state index is 12.1. The lowest BCUT2D eigenvalue weighted by atomic mass is 10.1. The fourth-order valence-corrected chi connectivity index (χ4v) is 2.34. The summed E-state index contributed by atoms with van der Waals surface area (Å²) in [5.74, 6) is 0.0446. The summed E-state index contributed by atoms with van der Waals surface area (Å²) in [4.78, 5) is 12.1. The minimum Gasteiger partial charge on any atom is -0.374 e. The number of hydrogen-bond donors (Lipinski definition) is 1. The Balaban J connectivity index is 1.86. The molecule has 0 saturated carbocycles. The molecule has 0 atom stereocenters. The first-order valence-electron chi connectivity index (χ1n) is 8.05. The van der Waals surface area contributed by atoms with Crippen molar-refractivity contribution in [2.75, 3.05) is 0 Å². The fraction of sp³-hybridized carbons (Fsp3) is 0.350. The third-order valence-corrected chi connectivity index (χ3v) is 3.68. The van der Waals surface area contributed by atoms with E-state index >= 15 is 0 Å². The summed E-state index contributed by atoms with van der Waals surface area (Å²) >= 11 is 0. The van der Waals surface area contributed by atoms with Crippen molar-refractivity contribution in [2.24, 2.45) is 0 Å². The Labute approximate surface area is 138 Å². The molecule has 1 amide bonds. The number of aryl methyl sites for hydroxylation is 1. The molecule has 0 aliphatic heterocycles. The molecule has 0 aromatic heterocycles. The van der Waals surface area contributed by atoms with Crippen LogP contribution in [0.5, 0.6) is 0 Å². The molecule has 0 radical (unpaired) electrons. The first kappa shape index (κ1) is 17.2. The highest BCUT2D eigenvalue weighted by atomic mass is 16.5. The van der Waals surface area contributed by atoms with Crippen LogP contribution >= 0.6 is 0 Å². The fourth-order valence-electron chi connectivity index (χ4n) is 2.34. The first-order valence-corrected chi connectivity index (χ1v) is 8.05. The van der Waals surface area contributed by atoms with Crippen molar-refractivity contribution in [1.29, 1.82) is 0 Å². The molecule has 122 valence electrons. The Morgan fingerprint density at radius 2 is 1.83 bits per heavy atom. The van der Waals surface area contributed by atoms with Gasteiger partial charge in [-0.05, 0) is 43.0 Å². The van der Waals surface area contributed by atoms with Gasteiger partial charge in [-0.25, -0.2) is 0 Å². The van der Waals surface area contributed by atoms with E-state index in [9.17, 15) is 4.79 Å². The van der Waals surface area contributed by atoms with Crippen molar-refractivity contribution >= 4 is 5.91 Å². The van der Waals surface area contributed by atoms with Crippen LogP contribution in [0, 0.1) is 6.92 Å². The van der Waals surface area contributed by atoms with Gasteiger partial charge >= 0.3 is 0 Å². The molecule has 0 unspecified atom stereocenters. The molecule has 0 spiro atoms. The number of carbonyl (C=O) groups is 1. The van der Waals surface area contributed by atoms with Crippen LogP contribution in [-0.2, 0) is 29.1 Å². The average molecular weight is 311 g/mol. The molecule has 0 aliphatic carbocycles. The molecule has 3 heteroatoms. The predicted octanol–water partition coefficient (Wildman–Crippen LogP) is 3.78. The zero-order chi connectivity index (χ0) is 16.7. The van der Waals surface area contributed by atoms with Gasteiger partial charge in [-0.3, -0.25) is 4.79 Å². The van der Waals surface area contributed by atoms with Gasteiger partial charge in [0.05, 0.1) is 19.1 Å². The lowest BCUT2D eigenvalue weighted by Gasteiger charge is -2.10.